The highest BCUT2D eigenvalue weighted by molar-refractivity contribution is 5.94. The number of fused-ring (bicyclic) bond motifs is 2. The first kappa shape index (κ1) is 28.0. The van der Waals surface area contributed by atoms with Gasteiger partial charge in [0.1, 0.15) is 33.9 Å². The van der Waals surface area contributed by atoms with E-state index in [4.69, 9.17) is 10.8 Å². The summed E-state index contributed by atoms with van der Waals surface area (Å²) < 4.78 is 0. The van der Waals surface area contributed by atoms with Gasteiger partial charge in [0.05, 0.1) is 0 Å². The molecule has 0 atom stereocenters. The summed E-state index contributed by atoms with van der Waals surface area (Å²) >= 11 is 0. The van der Waals surface area contributed by atoms with Crippen molar-refractivity contribution in [2.24, 2.45) is 5.73 Å². The van der Waals surface area contributed by atoms with Crippen LogP contribution in [0.15, 0.2) is 78.9 Å². The average Bonchev–Trinajstić information content (AvgIpc) is 2.96. The number of phenols is 2. The Morgan fingerprint density at radius 3 is 1.62 bits per heavy atom. The van der Waals surface area contributed by atoms with Gasteiger partial charge in [0, 0.05) is 10.8 Å². The van der Waals surface area contributed by atoms with E-state index in [1.807, 2.05) is 42.5 Å². The van der Waals surface area contributed by atoms with Gasteiger partial charge in [-0.05, 0) is 73.2 Å². The number of carbonyl (C=O) groups is 2. The predicted molar refractivity (Wildman–Crippen MR) is 152 cm³/mol. The minimum atomic E-state index is -1.10. The Kier molecular flexibility index (Phi) is 8.88. The molecule has 9 heteroatoms. The molecule has 0 amide bonds. The topological polar surface area (TPSA) is 167 Å². The van der Waals surface area contributed by atoms with Crippen LogP contribution in [0.5, 0.6) is 11.5 Å². The van der Waals surface area contributed by atoms with Crippen LogP contribution in [0.3, 0.4) is 0 Å². The summed E-state index contributed by atoms with van der Waals surface area (Å²) in [6.45, 7) is 0.533. The SMILES string of the molecule is NCCCc1cc(C(=O)O)nc2c(O)cccc12.O=C(O)c1cc(CCc2ccccc2)c2cccc(O)c2n1. The zero-order valence-electron chi connectivity index (χ0n) is 21.6. The van der Waals surface area contributed by atoms with Crippen LogP contribution in [0.4, 0.5) is 0 Å². The van der Waals surface area contributed by atoms with Crippen LogP contribution < -0.4 is 5.73 Å². The van der Waals surface area contributed by atoms with Gasteiger partial charge in [0.25, 0.3) is 0 Å². The summed E-state index contributed by atoms with van der Waals surface area (Å²) in [7, 11) is 0. The Balaban J connectivity index is 0.000000189. The van der Waals surface area contributed by atoms with E-state index in [0.29, 0.717) is 30.4 Å². The van der Waals surface area contributed by atoms with E-state index in [0.717, 1.165) is 34.7 Å². The maximum Gasteiger partial charge on any atom is 0.354 e. The standard InChI is InChI=1S/C18H15NO3.C13H14N2O3/c20-16-8-4-7-14-13(10-9-12-5-2-1-3-6-12)11-15(18(21)22)19-17(14)16;14-6-2-3-8-7-10(13(17)18)15-12-9(8)4-1-5-11(12)16/h1-8,11,20H,9-10H2,(H,21,22);1,4-5,7,16H,2-3,6,14H2,(H,17,18). The number of para-hydroxylation sites is 2. The van der Waals surface area contributed by atoms with Crippen molar-refractivity contribution in [1.82, 2.24) is 9.97 Å². The van der Waals surface area contributed by atoms with Crippen LogP contribution in [0, 0.1) is 0 Å². The van der Waals surface area contributed by atoms with Crippen molar-refractivity contribution < 1.29 is 30.0 Å². The maximum atomic E-state index is 11.2. The molecule has 0 aliphatic carbocycles. The summed E-state index contributed by atoms with van der Waals surface area (Å²) in [4.78, 5) is 30.3. The van der Waals surface area contributed by atoms with E-state index in [1.54, 1.807) is 24.3 Å². The monoisotopic (exact) mass is 539 g/mol. The molecule has 9 nitrogen and oxygen atoms in total. The van der Waals surface area contributed by atoms with E-state index in [9.17, 15) is 24.9 Å². The second-order valence-corrected chi connectivity index (χ2v) is 9.17. The molecule has 3 aromatic carbocycles. The number of nitrogens with zero attached hydrogens (tertiary/aromatic N) is 2. The first-order valence-corrected chi connectivity index (χ1v) is 12.7. The number of pyridine rings is 2. The number of aromatic hydroxyl groups is 2. The van der Waals surface area contributed by atoms with Crippen molar-refractivity contribution in [3.63, 3.8) is 0 Å². The molecular formula is C31H29N3O6. The highest BCUT2D eigenvalue weighted by Gasteiger charge is 2.14. The number of hydrogen-bond donors (Lipinski definition) is 5. The molecule has 0 aliphatic rings. The third kappa shape index (κ3) is 6.51. The van der Waals surface area contributed by atoms with Gasteiger partial charge in [-0.1, -0.05) is 54.6 Å². The van der Waals surface area contributed by atoms with Crippen LogP contribution in [0.2, 0.25) is 0 Å². The van der Waals surface area contributed by atoms with Crippen LogP contribution in [-0.2, 0) is 19.3 Å². The van der Waals surface area contributed by atoms with Gasteiger partial charge < -0.3 is 26.2 Å². The zero-order chi connectivity index (χ0) is 28.6. The van der Waals surface area contributed by atoms with Gasteiger partial charge in [-0.3, -0.25) is 0 Å². The highest BCUT2D eigenvalue weighted by Crippen LogP contribution is 2.28. The molecule has 40 heavy (non-hydrogen) atoms. The van der Waals surface area contributed by atoms with Crippen molar-refractivity contribution in [2.45, 2.75) is 25.7 Å². The largest absolute Gasteiger partial charge is 0.506 e. The fraction of sp³-hybridized carbons (Fsp3) is 0.161. The second kappa shape index (κ2) is 12.7. The van der Waals surface area contributed by atoms with Crippen molar-refractivity contribution in [3.8, 4) is 11.5 Å². The molecule has 0 aliphatic heterocycles. The number of carboxylic acid groups (broad SMARTS) is 2. The van der Waals surface area contributed by atoms with Crippen molar-refractivity contribution in [3.05, 3.63) is 107 Å². The Hall–Kier alpha value is -5.02. The molecule has 0 unspecified atom stereocenters. The first-order valence-electron chi connectivity index (χ1n) is 12.7. The lowest BCUT2D eigenvalue weighted by molar-refractivity contribution is 0.0680. The zero-order valence-corrected chi connectivity index (χ0v) is 21.6. The number of hydrogen-bond acceptors (Lipinski definition) is 7. The normalized spacial score (nSPS) is 10.7. The lowest BCUT2D eigenvalue weighted by Crippen LogP contribution is -2.05. The minimum Gasteiger partial charge on any atom is -0.506 e. The lowest BCUT2D eigenvalue weighted by atomic mass is 10.00. The Bertz CT molecular complexity index is 1670. The van der Waals surface area contributed by atoms with Crippen LogP contribution in [0.1, 0.15) is 44.1 Å². The van der Waals surface area contributed by atoms with Gasteiger partial charge in [-0.25, -0.2) is 19.6 Å². The molecule has 2 aromatic heterocycles. The van der Waals surface area contributed by atoms with E-state index in [2.05, 4.69) is 9.97 Å². The van der Waals surface area contributed by atoms with Crippen LogP contribution >= 0.6 is 0 Å². The van der Waals surface area contributed by atoms with E-state index in [-0.39, 0.29) is 22.9 Å². The molecule has 0 bridgehead atoms. The molecule has 5 rings (SSSR count). The van der Waals surface area contributed by atoms with Gasteiger partial charge in [-0.2, -0.15) is 0 Å². The Labute approximate surface area is 230 Å². The van der Waals surface area contributed by atoms with Crippen LogP contribution in [0.25, 0.3) is 21.8 Å². The van der Waals surface area contributed by atoms with Gasteiger partial charge in [-0.15, -0.1) is 0 Å². The smallest absolute Gasteiger partial charge is 0.354 e. The number of aromatic nitrogens is 2. The number of carboxylic acids is 2. The fourth-order valence-corrected chi connectivity index (χ4v) is 4.46. The number of phenolic OH excluding ortho intramolecular Hbond substituents is 2. The van der Waals surface area contributed by atoms with Gasteiger partial charge in [0.2, 0.25) is 0 Å². The molecule has 0 fully saturated rings. The van der Waals surface area contributed by atoms with Gasteiger partial charge in [0.15, 0.2) is 0 Å². The molecule has 2 heterocycles. The highest BCUT2D eigenvalue weighted by atomic mass is 16.4. The second-order valence-electron chi connectivity index (χ2n) is 9.17. The Morgan fingerprint density at radius 1 is 0.650 bits per heavy atom. The summed E-state index contributed by atoms with van der Waals surface area (Å²) in [6, 6.07) is 23.3. The fourth-order valence-electron chi connectivity index (χ4n) is 4.46. The first-order chi connectivity index (χ1) is 19.3. The molecule has 0 saturated carbocycles. The molecular weight excluding hydrogens is 510 g/mol. The molecule has 5 aromatic rings. The summed E-state index contributed by atoms with van der Waals surface area (Å²) in [5.41, 5.74) is 8.93. The molecule has 0 spiro atoms. The predicted octanol–water partition coefficient (Wildman–Crippen LogP) is 4.95. The van der Waals surface area contributed by atoms with Crippen molar-refractivity contribution >= 4 is 33.7 Å². The lowest BCUT2D eigenvalue weighted by Gasteiger charge is -2.09. The van der Waals surface area contributed by atoms with Crippen molar-refractivity contribution in [1.29, 1.82) is 0 Å². The average molecular weight is 540 g/mol. The summed E-state index contributed by atoms with van der Waals surface area (Å²) in [5, 5.41) is 39.5. The van der Waals surface area contributed by atoms with Crippen molar-refractivity contribution in [2.75, 3.05) is 6.54 Å². The summed E-state index contributed by atoms with van der Waals surface area (Å²) in [6.07, 6.45) is 2.91. The third-order valence-electron chi connectivity index (χ3n) is 6.42. The summed E-state index contributed by atoms with van der Waals surface area (Å²) in [5.74, 6) is -2.20. The maximum absolute atomic E-state index is 11.2. The van der Waals surface area contributed by atoms with Gasteiger partial charge >= 0.3 is 11.9 Å². The molecule has 0 radical (unpaired) electrons. The Morgan fingerprint density at radius 2 is 1.15 bits per heavy atom. The number of aromatic carboxylic acids is 2. The van der Waals surface area contributed by atoms with E-state index >= 15 is 0 Å². The third-order valence-corrected chi connectivity index (χ3v) is 6.42. The molecule has 0 saturated heterocycles. The van der Waals surface area contributed by atoms with E-state index < -0.39 is 11.9 Å². The van der Waals surface area contributed by atoms with E-state index in [1.165, 1.54) is 17.7 Å². The molecule has 204 valence electrons. The molecule has 6 N–H and O–H groups in total. The minimum absolute atomic E-state index is 0.00145. The number of aryl methyl sites for hydroxylation is 3. The number of nitrogens with two attached hydrogens (primary N) is 1. The van der Waals surface area contributed by atoms with Crippen LogP contribution in [-0.4, -0.2) is 48.9 Å². The quantitative estimate of drug-likeness (QED) is 0.183. The number of rotatable bonds is 8. The number of benzene rings is 3.